The first-order valence-electron chi connectivity index (χ1n) is 10.5. The lowest BCUT2D eigenvalue weighted by atomic mass is 9.74. The average Bonchev–Trinajstić information content (AvgIpc) is 2.72. The van der Waals surface area contributed by atoms with Gasteiger partial charge in [-0.15, -0.1) is 0 Å². The number of aryl methyl sites for hydroxylation is 1. The van der Waals surface area contributed by atoms with E-state index in [9.17, 15) is 5.11 Å². The minimum atomic E-state index is -1.09. The molecular weight excluding hydrogens is 344 g/mol. The van der Waals surface area contributed by atoms with Crippen molar-refractivity contribution in [3.05, 3.63) is 89.0 Å². The Morgan fingerprint density at radius 1 is 1.11 bits per heavy atom. The fourth-order valence-corrected chi connectivity index (χ4v) is 4.84. The van der Waals surface area contributed by atoms with Gasteiger partial charge in [-0.1, -0.05) is 54.6 Å². The number of aliphatic hydroxyl groups is 1. The van der Waals surface area contributed by atoms with E-state index >= 15 is 0 Å². The van der Waals surface area contributed by atoms with Crippen molar-refractivity contribution in [3.63, 3.8) is 0 Å². The summed E-state index contributed by atoms with van der Waals surface area (Å²) in [5.74, 6) is 1.71. The normalized spacial score (nSPS) is 26.5. The van der Waals surface area contributed by atoms with Crippen LogP contribution in [-0.2, 0) is 12.0 Å². The van der Waals surface area contributed by atoms with Crippen LogP contribution < -0.4 is 4.74 Å². The molecule has 28 heavy (non-hydrogen) atoms. The van der Waals surface area contributed by atoms with Crippen LogP contribution >= 0.6 is 0 Å². The molecule has 0 radical (unpaired) electrons. The predicted octanol–water partition coefficient (Wildman–Crippen LogP) is 5.92. The number of hydrogen-bond acceptors (Lipinski definition) is 2. The second kappa shape index (κ2) is 7.97. The Bertz CT molecular complexity index is 895. The third-order valence-corrected chi connectivity index (χ3v) is 6.30. The Kier molecular flexibility index (Phi) is 5.41. The number of ether oxygens (including phenoxy) is 1. The molecule has 2 nitrogen and oxygen atoms in total. The van der Waals surface area contributed by atoms with Crippen LogP contribution in [0.4, 0.5) is 0 Å². The third kappa shape index (κ3) is 3.54. The maximum absolute atomic E-state index is 11.5. The van der Waals surface area contributed by atoms with Crippen molar-refractivity contribution in [1.82, 2.24) is 0 Å². The minimum Gasteiger partial charge on any atom is -0.493 e. The maximum Gasteiger partial charge on any atom is 0.133 e. The predicted molar refractivity (Wildman–Crippen MR) is 115 cm³/mol. The molecule has 2 aromatic rings. The van der Waals surface area contributed by atoms with Crippen LogP contribution in [0.2, 0.25) is 0 Å². The molecule has 146 valence electrons. The van der Waals surface area contributed by atoms with E-state index in [-0.39, 0.29) is 0 Å². The van der Waals surface area contributed by atoms with Gasteiger partial charge in [-0.3, -0.25) is 0 Å². The molecule has 0 bridgehead atoms. The summed E-state index contributed by atoms with van der Waals surface area (Å²) in [4.78, 5) is 0. The van der Waals surface area contributed by atoms with Gasteiger partial charge >= 0.3 is 0 Å². The van der Waals surface area contributed by atoms with Crippen LogP contribution in [0.15, 0.2) is 72.3 Å². The van der Waals surface area contributed by atoms with Crippen molar-refractivity contribution in [2.75, 3.05) is 6.61 Å². The van der Waals surface area contributed by atoms with Gasteiger partial charge in [0.05, 0.1) is 6.61 Å². The number of allylic oxidation sites excluding steroid dienone is 2. The highest BCUT2D eigenvalue weighted by atomic mass is 16.5. The second-order valence-electron chi connectivity index (χ2n) is 8.09. The van der Waals surface area contributed by atoms with E-state index in [1.165, 1.54) is 30.4 Å². The highest BCUT2D eigenvalue weighted by Crippen LogP contribution is 2.43. The number of hydrogen-bond donors (Lipinski definition) is 1. The van der Waals surface area contributed by atoms with Crippen molar-refractivity contribution in [2.24, 2.45) is 5.92 Å². The van der Waals surface area contributed by atoms with E-state index in [0.717, 1.165) is 23.3 Å². The molecule has 0 saturated heterocycles. The first-order chi connectivity index (χ1) is 13.6. The van der Waals surface area contributed by atoms with E-state index in [4.69, 9.17) is 4.74 Å². The van der Waals surface area contributed by atoms with Gasteiger partial charge in [0.15, 0.2) is 0 Å². The van der Waals surface area contributed by atoms with E-state index in [0.29, 0.717) is 18.4 Å². The smallest absolute Gasteiger partial charge is 0.133 e. The topological polar surface area (TPSA) is 29.5 Å². The van der Waals surface area contributed by atoms with E-state index in [1.807, 2.05) is 44.2 Å². The molecule has 4 rings (SSSR count). The van der Waals surface area contributed by atoms with Gasteiger partial charge in [0.1, 0.15) is 11.4 Å². The number of fused-ring (bicyclic) bond motifs is 1. The fourth-order valence-electron chi connectivity index (χ4n) is 4.84. The van der Waals surface area contributed by atoms with Crippen molar-refractivity contribution in [3.8, 4) is 5.75 Å². The van der Waals surface area contributed by atoms with Gasteiger partial charge < -0.3 is 9.84 Å². The zero-order chi connectivity index (χ0) is 19.6. The van der Waals surface area contributed by atoms with E-state index < -0.39 is 5.60 Å². The molecule has 0 fully saturated rings. The summed E-state index contributed by atoms with van der Waals surface area (Å²) in [6.07, 6.45) is 11.2. The summed E-state index contributed by atoms with van der Waals surface area (Å²) in [5, 5.41) is 11.5. The molecule has 2 heteroatoms. The fraction of sp³-hybridized carbons (Fsp3) is 0.385. The van der Waals surface area contributed by atoms with Crippen molar-refractivity contribution < 1.29 is 9.84 Å². The highest BCUT2D eigenvalue weighted by molar-refractivity contribution is 5.48. The summed E-state index contributed by atoms with van der Waals surface area (Å²) < 4.78 is 5.77. The molecule has 0 amide bonds. The van der Waals surface area contributed by atoms with Crippen LogP contribution in [0.1, 0.15) is 55.7 Å². The quantitative estimate of drug-likeness (QED) is 0.659. The van der Waals surface area contributed by atoms with Gasteiger partial charge in [-0.05, 0) is 80.2 Å². The van der Waals surface area contributed by atoms with Gasteiger partial charge in [0.25, 0.3) is 0 Å². The summed E-state index contributed by atoms with van der Waals surface area (Å²) in [6, 6.07) is 16.7. The third-order valence-electron chi connectivity index (χ3n) is 6.30. The summed E-state index contributed by atoms with van der Waals surface area (Å²) in [5.41, 5.74) is 3.75. The maximum atomic E-state index is 11.5. The van der Waals surface area contributed by atoms with Crippen molar-refractivity contribution in [2.45, 2.75) is 51.0 Å². The Hall–Kier alpha value is -2.32. The summed E-state index contributed by atoms with van der Waals surface area (Å²) in [6.45, 7) is 4.59. The molecule has 0 aromatic heterocycles. The van der Waals surface area contributed by atoms with Crippen LogP contribution in [0, 0.1) is 5.92 Å². The Balaban J connectivity index is 1.56. The first kappa shape index (κ1) is 19.0. The molecule has 3 atom stereocenters. The molecule has 0 aliphatic heterocycles. The molecular formula is C26H30O2. The monoisotopic (exact) mass is 374 g/mol. The number of benzene rings is 2. The van der Waals surface area contributed by atoms with Crippen LogP contribution in [0.25, 0.3) is 0 Å². The Morgan fingerprint density at radius 2 is 1.89 bits per heavy atom. The van der Waals surface area contributed by atoms with Gasteiger partial charge in [0, 0.05) is 5.56 Å². The lowest BCUT2D eigenvalue weighted by molar-refractivity contribution is 0.121. The Labute approximate surface area is 168 Å². The van der Waals surface area contributed by atoms with Crippen molar-refractivity contribution >= 4 is 0 Å². The lowest BCUT2D eigenvalue weighted by Gasteiger charge is -2.34. The van der Waals surface area contributed by atoms with Gasteiger partial charge in [-0.25, -0.2) is 0 Å². The SMILES string of the molecule is CCOc1ccccc1C1(O)C=CC(CC2CCCc3ccccc32)C=C1C. The summed E-state index contributed by atoms with van der Waals surface area (Å²) >= 11 is 0. The zero-order valence-electron chi connectivity index (χ0n) is 16.9. The molecule has 0 heterocycles. The minimum absolute atomic E-state index is 0.357. The first-order valence-corrected chi connectivity index (χ1v) is 10.5. The van der Waals surface area contributed by atoms with Crippen LogP contribution in [0.3, 0.4) is 0 Å². The van der Waals surface area contributed by atoms with Crippen LogP contribution in [-0.4, -0.2) is 11.7 Å². The van der Waals surface area contributed by atoms with Crippen LogP contribution in [0.5, 0.6) is 5.75 Å². The molecule has 3 unspecified atom stereocenters. The Morgan fingerprint density at radius 3 is 2.71 bits per heavy atom. The average molecular weight is 375 g/mol. The standard InChI is InChI=1S/C26H30O2/c1-3-28-25-14-7-6-13-24(25)26(27)16-15-20(17-19(26)2)18-22-11-8-10-21-9-4-5-12-23(21)22/h4-7,9,12-17,20,22,27H,3,8,10-11,18H2,1-2H3. The zero-order valence-corrected chi connectivity index (χ0v) is 16.9. The molecule has 2 aliphatic carbocycles. The molecule has 1 N–H and O–H groups in total. The number of rotatable bonds is 5. The lowest BCUT2D eigenvalue weighted by Crippen LogP contribution is -2.29. The molecule has 0 spiro atoms. The number of para-hydroxylation sites is 1. The van der Waals surface area contributed by atoms with Gasteiger partial charge in [0.2, 0.25) is 0 Å². The summed E-state index contributed by atoms with van der Waals surface area (Å²) in [7, 11) is 0. The molecule has 0 saturated carbocycles. The molecule has 2 aromatic carbocycles. The van der Waals surface area contributed by atoms with E-state index in [2.05, 4.69) is 36.4 Å². The van der Waals surface area contributed by atoms with E-state index in [1.54, 1.807) is 0 Å². The highest BCUT2D eigenvalue weighted by Gasteiger charge is 2.35. The van der Waals surface area contributed by atoms with Crippen molar-refractivity contribution in [1.29, 1.82) is 0 Å². The second-order valence-corrected chi connectivity index (χ2v) is 8.09. The molecule has 2 aliphatic rings. The van der Waals surface area contributed by atoms with Gasteiger partial charge in [-0.2, -0.15) is 0 Å². The largest absolute Gasteiger partial charge is 0.493 e.